The second-order valence-electron chi connectivity index (χ2n) is 2.93. The molecule has 4 N–H and O–H groups in total. The molecule has 1 aromatic rings. The Kier molecular flexibility index (Phi) is 3.53. The third-order valence-corrected chi connectivity index (χ3v) is 1.77. The fourth-order valence-electron chi connectivity index (χ4n) is 1.04. The summed E-state index contributed by atoms with van der Waals surface area (Å²) in [5, 5.41) is 17.7. The summed E-state index contributed by atoms with van der Waals surface area (Å²) in [6.07, 6.45) is 1.46. The molecule has 0 spiro atoms. The van der Waals surface area contributed by atoms with Crippen LogP contribution in [0.15, 0.2) is 17.2 Å². The summed E-state index contributed by atoms with van der Waals surface area (Å²) in [7, 11) is 0. The molecular weight excluding hydrogens is 202 g/mol. The molecule has 1 atom stereocenters. The Morgan fingerprint density at radius 1 is 1.67 bits per heavy atom. The monoisotopic (exact) mass is 213 g/mol. The van der Waals surface area contributed by atoms with E-state index in [2.05, 4.69) is 4.98 Å². The molecule has 0 bridgehead atoms. The number of hydrogen-bond acceptors (Lipinski definition) is 5. The van der Waals surface area contributed by atoms with E-state index in [1.807, 2.05) is 0 Å². The lowest BCUT2D eigenvalue weighted by molar-refractivity contribution is 0.0800. The summed E-state index contributed by atoms with van der Waals surface area (Å²) < 4.78 is 1.06. The highest BCUT2D eigenvalue weighted by Gasteiger charge is 2.12. The van der Waals surface area contributed by atoms with Gasteiger partial charge in [0, 0.05) is 12.4 Å². The minimum Gasteiger partial charge on any atom is -0.394 e. The molecule has 1 heterocycles. The number of nitrogens with zero attached hydrogens (tertiary/aromatic N) is 2. The molecule has 7 nitrogen and oxygen atoms in total. The van der Waals surface area contributed by atoms with Crippen LogP contribution < -0.4 is 11.3 Å². The van der Waals surface area contributed by atoms with Gasteiger partial charge in [0.2, 0.25) is 0 Å². The van der Waals surface area contributed by atoms with Gasteiger partial charge in [0.25, 0.3) is 11.5 Å². The van der Waals surface area contributed by atoms with Gasteiger partial charge in [0.1, 0.15) is 0 Å². The Labute approximate surface area is 84.8 Å². The second-order valence-corrected chi connectivity index (χ2v) is 2.93. The summed E-state index contributed by atoms with van der Waals surface area (Å²) in [6.45, 7) is -0.585. The molecule has 0 saturated carbocycles. The van der Waals surface area contributed by atoms with E-state index in [-0.39, 0.29) is 12.2 Å². The normalized spacial score (nSPS) is 12.4. The highest BCUT2D eigenvalue weighted by atomic mass is 16.3. The molecule has 82 valence electrons. The van der Waals surface area contributed by atoms with Gasteiger partial charge in [-0.3, -0.25) is 9.59 Å². The van der Waals surface area contributed by atoms with Gasteiger partial charge in [-0.25, -0.2) is 4.98 Å². The zero-order valence-electron chi connectivity index (χ0n) is 7.83. The Hall–Kier alpha value is -1.73. The van der Waals surface area contributed by atoms with Crippen molar-refractivity contribution in [3.05, 3.63) is 28.4 Å². The van der Waals surface area contributed by atoms with Crippen molar-refractivity contribution in [2.75, 3.05) is 6.61 Å². The first-order chi connectivity index (χ1) is 7.06. The molecule has 1 rings (SSSR count). The summed E-state index contributed by atoms with van der Waals surface area (Å²) in [5.41, 5.74) is 3.85. The number of aliphatic hydroxyl groups excluding tert-OH is 2. The van der Waals surface area contributed by atoms with Crippen LogP contribution >= 0.6 is 0 Å². The molecular formula is C8H11N3O4. The van der Waals surface area contributed by atoms with Crippen LogP contribution in [0.5, 0.6) is 0 Å². The Morgan fingerprint density at radius 2 is 2.33 bits per heavy atom. The highest BCUT2D eigenvalue weighted by Crippen LogP contribution is 1.89. The van der Waals surface area contributed by atoms with Crippen LogP contribution in [-0.2, 0) is 6.54 Å². The van der Waals surface area contributed by atoms with Gasteiger partial charge < -0.3 is 20.5 Å². The van der Waals surface area contributed by atoms with Crippen molar-refractivity contribution in [1.29, 1.82) is 0 Å². The van der Waals surface area contributed by atoms with Crippen molar-refractivity contribution in [2.24, 2.45) is 5.73 Å². The largest absolute Gasteiger partial charge is 0.394 e. The van der Waals surface area contributed by atoms with E-state index in [0.29, 0.717) is 0 Å². The quantitative estimate of drug-likeness (QED) is 0.519. The first-order valence-corrected chi connectivity index (χ1v) is 4.20. The van der Waals surface area contributed by atoms with Crippen LogP contribution in [0.4, 0.5) is 0 Å². The molecule has 0 saturated heterocycles. The van der Waals surface area contributed by atoms with E-state index >= 15 is 0 Å². The number of hydrogen-bond donors (Lipinski definition) is 3. The van der Waals surface area contributed by atoms with Gasteiger partial charge >= 0.3 is 0 Å². The number of nitrogens with two attached hydrogens (primary N) is 1. The second kappa shape index (κ2) is 4.67. The van der Waals surface area contributed by atoms with Crippen molar-refractivity contribution in [3.63, 3.8) is 0 Å². The minimum absolute atomic E-state index is 0.113. The summed E-state index contributed by atoms with van der Waals surface area (Å²) >= 11 is 0. The number of aliphatic hydroxyl groups is 2. The lowest BCUT2D eigenvalue weighted by atomic mass is 10.3. The molecule has 1 aromatic heterocycles. The van der Waals surface area contributed by atoms with E-state index in [1.54, 1.807) is 0 Å². The topological polar surface area (TPSA) is 118 Å². The molecule has 15 heavy (non-hydrogen) atoms. The Balaban J connectivity index is 3.05. The van der Waals surface area contributed by atoms with E-state index in [1.165, 1.54) is 12.4 Å². The van der Waals surface area contributed by atoms with Gasteiger partial charge in [0.05, 0.1) is 19.3 Å². The van der Waals surface area contributed by atoms with E-state index in [9.17, 15) is 9.59 Å². The first-order valence-electron chi connectivity index (χ1n) is 4.20. The molecule has 7 heteroatoms. The van der Waals surface area contributed by atoms with Crippen molar-refractivity contribution in [3.8, 4) is 0 Å². The fraction of sp³-hybridized carbons (Fsp3) is 0.375. The Bertz CT molecular complexity index is 415. The van der Waals surface area contributed by atoms with E-state index < -0.39 is 24.2 Å². The van der Waals surface area contributed by atoms with E-state index in [0.717, 1.165) is 4.57 Å². The standard InChI is InChI=1S/C8H11N3O4/c9-7(14)6-8(15)11(2-1-10-6)3-5(13)4-12/h1-2,5,12-13H,3-4H2,(H2,9,14). The first kappa shape index (κ1) is 11.3. The predicted molar refractivity (Wildman–Crippen MR) is 50.1 cm³/mol. The predicted octanol–water partition coefficient (Wildman–Crippen LogP) is -2.30. The van der Waals surface area contributed by atoms with E-state index in [4.69, 9.17) is 15.9 Å². The lowest BCUT2D eigenvalue weighted by Crippen LogP contribution is -2.34. The van der Waals surface area contributed by atoms with Crippen molar-refractivity contribution in [1.82, 2.24) is 9.55 Å². The number of rotatable bonds is 4. The Morgan fingerprint density at radius 3 is 2.87 bits per heavy atom. The average molecular weight is 213 g/mol. The zero-order chi connectivity index (χ0) is 11.4. The number of aromatic nitrogens is 2. The maximum Gasteiger partial charge on any atom is 0.282 e. The maximum absolute atomic E-state index is 11.5. The van der Waals surface area contributed by atoms with Crippen LogP contribution in [-0.4, -0.2) is 38.4 Å². The summed E-state index contributed by atoms with van der Waals surface area (Å²) in [6, 6.07) is 0. The molecule has 0 radical (unpaired) electrons. The summed E-state index contributed by atoms with van der Waals surface area (Å²) in [4.78, 5) is 25.8. The van der Waals surface area contributed by atoms with Crippen LogP contribution in [0.3, 0.4) is 0 Å². The molecule has 0 fully saturated rings. The number of primary amides is 1. The van der Waals surface area contributed by atoms with Crippen LogP contribution in [0.1, 0.15) is 10.5 Å². The van der Waals surface area contributed by atoms with Crippen LogP contribution in [0.25, 0.3) is 0 Å². The number of amides is 1. The van der Waals surface area contributed by atoms with Gasteiger partial charge in [-0.2, -0.15) is 0 Å². The molecule has 1 amide bonds. The lowest BCUT2D eigenvalue weighted by Gasteiger charge is -2.09. The van der Waals surface area contributed by atoms with Gasteiger partial charge in [0.15, 0.2) is 5.69 Å². The van der Waals surface area contributed by atoms with Crippen molar-refractivity contribution < 1.29 is 15.0 Å². The fourth-order valence-corrected chi connectivity index (χ4v) is 1.04. The molecule has 0 aliphatic heterocycles. The molecule has 0 aliphatic carbocycles. The van der Waals surface area contributed by atoms with Crippen molar-refractivity contribution in [2.45, 2.75) is 12.6 Å². The van der Waals surface area contributed by atoms with Crippen LogP contribution in [0.2, 0.25) is 0 Å². The highest BCUT2D eigenvalue weighted by molar-refractivity contribution is 5.90. The third-order valence-electron chi connectivity index (χ3n) is 1.77. The average Bonchev–Trinajstić information content (AvgIpc) is 2.20. The number of carbonyl (C=O) groups excluding carboxylic acids is 1. The van der Waals surface area contributed by atoms with Crippen LogP contribution in [0, 0.1) is 0 Å². The maximum atomic E-state index is 11.5. The zero-order valence-corrected chi connectivity index (χ0v) is 7.83. The third kappa shape index (κ3) is 2.61. The van der Waals surface area contributed by atoms with Crippen molar-refractivity contribution >= 4 is 5.91 Å². The molecule has 0 aromatic carbocycles. The minimum atomic E-state index is -1.06. The molecule has 1 unspecified atom stereocenters. The smallest absolute Gasteiger partial charge is 0.282 e. The SMILES string of the molecule is NC(=O)c1nccn(CC(O)CO)c1=O. The summed E-state index contributed by atoms with van der Waals surface area (Å²) in [5.74, 6) is -0.923. The number of carbonyl (C=O) groups is 1. The van der Waals surface area contributed by atoms with Gasteiger partial charge in [-0.05, 0) is 0 Å². The van der Waals surface area contributed by atoms with Gasteiger partial charge in [-0.15, -0.1) is 0 Å². The molecule has 0 aliphatic rings. The van der Waals surface area contributed by atoms with Gasteiger partial charge in [-0.1, -0.05) is 0 Å².